The summed E-state index contributed by atoms with van der Waals surface area (Å²) in [5.74, 6) is 1.07. The summed E-state index contributed by atoms with van der Waals surface area (Å²) in [6.45, 7) is 0. The molecule has 2 aromatic heterocycles. The topological polar surface area (TPSA) is 64.2 Å². The van der Waals surface area contributed by atoms with E-state index in [1.54, 1.807) is 17.9 Å². The zero-order valence-electron chi connectivity index (χ0n) is 7.29. The lowest BCUT2D eigenvalue weighted by Crippen LogP contribution is -2.12. The zero-order chi connectivity index (χ0) is 9.80. The molecule has 0 saturated carbocycles. The van der Waals surface area contributed by atoms with Crippen molar-refractivity contribution in [2.24, 2.45) is 10.7 Å². The van der Waals surface area contributed by atoms with E-state index >= 15 is 0 Å². The summed E-state index contributed by atoms with van der Waals surface area (Å²) < 4.78 is 0. The zero-order valence-corrected chi connectivity index (χ0v) is 8.11. The standard InChI is InChI=1S/C9H8N4S/c10-9(7-2-1-3-11-4-7)13-8-5-14-6-12-8/h1-6H,(H2,10,13). The molecule has 0 unspecified atom stereocenters. The van der Waals surface area contributed by atoms with Crippen molar-refractivity contribution in [3.63, 3.8) is 0 Å². The van der Waals surface area contributed by atoms with Crippen LogP contribution in [0, 0.1) is 0 Å². The number of rotatable bonds is 2. The van der Waals surface area contributed by atoms with Gasteiger partial charge in [-0.3, -0.25) is 4.98 Å². The van der Waals surface area contributed by atoms with Gasteiger partial charge in [0.2, 0.25) is 0 Å². The third-order valence-electron chi connectivity index (χ3n) is 1.61. The van der Waals surface area contributed by atoms with Crippen LogP contribution in [0.4, 0.5) is 5.82 Å². The molecule has 70 valence electrons. The molecule has 0 aliphatic carbocycles. The molecule has 0 radical (unpaired) electrons. The van der Waals surface area contributed by atoms with E-state index in [0.717, 1.165) is 5.56 Å². The molecule has 2 heterocycles. The SMILES string of the molecule is N/C(=N\c1cscn1)c1cccnc1. The Morgan fingerprint density at radius 3 is 3.07 bits per heavy atom. The minimum atomic E-state index is 0.434. The van der Waals surface area contributed by atoms with Crippen molar-refractivity contribution in [1.29, 1.82) is 0 Å². The van der Waals surface area contributed by atoms with Gasteiger partial charge in [0.1, 0.15) is 5.84 Å². The average Bonchev–Trinajstić information content (AvgIpc) is 2.72. The second kappa shape index (κ2) is 3.97. The van der Waals surface area contributed by atoms with Crippen LogP contribution in [0.3, 0.4) is 0 Å². The lowest BCUT2D eigenvalue weighted by atomic mass is 10.3. The second-order valence-corrected chi connectivity index (χ2v) is 3.30. The number of thiazole rings is 1. The first-order chi connectivity index (χ1) is 6.86. The highest BCUT2D eigenvalue weighted by Crippen LogP contribution is 2.11. The maximum Gasteiger partial charge on any atom is 0.165 e. The molecule has 0 aliphatic rings. The van der Waals surface area contributed by atoms with Gasteiger partial charge in [-0.1, -0.05) is 0 Å². The number of aliphatic imine (C=N–C) groups is 1. The Balaban J connectivity index is 2.29. The van der Waals surface area contributed by atoms with Crippen molar-refractivity contribution in [1.82, 2.24) is 9.97 Å². The Hall–Kier alpha value is -1.75. The number of aromatic nitrogens is 2. The van der Waals surface area contributed by atoms with Gasteiger partial charge >= 0.3 is 0 Å². The Morgan fingerprint density at radius 2 is 2.43 bits per heavy atom. The van der Waals surface area contributed by atoms with Gasteiger partial charge in [-0.2, -0.15) is 0 Å². The molecule has 0 fully saturated rings. The van der Waals surface area contributed by atoms with E-state index in [1.165, 1.54) is 11.3 Å². The van der Waals surface area contributed by atoms with Gasteiger partial charge in [0.25, 0.3) is 0 Å². The van der Waals surface area contributed by atoms with Crippen LogP contribution >= 0.6 is 11.3 Å². The van der Waals surface area contributed by atoms with Crippen molar-refractivity contribution >= 4 is 23.0 Å². The maximum atomic E-state index is 5.76. The molecule has 0 spiro atoms. The van der Waals surface area contributed by atoms with E-state index in [4.69, 9.17) is 5.73 Å². The van der Waals surface area contributed by atoms with Crippen LogP contribution < -0.4 is 5.73 Å². The highest BCUT2D eigenvalue weighted by molar-refractivity contribution is 7.07. The van der Waals surface area contributed by atoms with Crippen LogP contribution in [0.15, 0.2) is 40.4 Å². The second-order valence-electron chi connectivity index (χ2n) is 2.59. The monoisotopic (exact) mass is 204 g/mol. The number of nitrogens with zero attached hydrogens (tertiary/aromatic N) is 3. The summed E-state index contributed by atoms with van der Waals surface area (Å²) in [6.07, 6.45) is 3.37. The minimum absolute atomic E-state index is 0.434. The lowest BCUT2D eigenvalue weighted by molar-refractivity contribution is 1.29. The highest BCUT2D eigenvalue weighted by Gasteiger charge is 1.98. The quantitative estimate of drug-likeness (QED) is 0.596. The average molecular weight is 204 g/mol. The van der Waals surface area contributed by atoms with Crippen molar-refractivity contribution < 1.29 is 0 Å². The first-order valence-corrected chi connectivity index (χ1v) is 4.93. The van der Waals surface area contributed by atoms with E-state index in [2.05, 4.69) is 15.0 Å². The summed E-state index contributed by atoms with van der Waals surface area (Å²) in [4.78, 5) is 12.1. The van der Waals surface area contributed by atoms with Crippen molar-refractivity contribution in [2.45, 2.75) is 0 Å². The fourth-order valence-electron chi connectivity index (χ4n) is 0.964. The number of nitrogens with two attached hydrogens (primary N) is 1. The minimum Gasteiger partial charge on any atom is -0.383 e. The van der Waals surface area contributed by atoms with Crippen LogP contribution in [-0.4, -0.2) is 15.8 Å². The normalized spacial score (nSPS) is 11.6. The Morgan fingerprint density at radius 1 is 1.50 bits per heavy atom. The van der Waals surface area contributed by atoms with Crippen molar-refractivity contribution in [3.8, 4) is 0 Å². The number of amidine groups is 1. The van der Waals surface area contributed by atoms with Gasteiger partial charge in [0.15, 0.2) is 5.82 Å². The molecule has 0 aromatic carbocycles. The van der Waals surface area contributed by atoms with E-state index in [0.29, 0.717) is 11.7 Å². The summed E-state index contributed by atoms with van der Waals surface area (Å²) >= 11 is 1.49. The van der Waals surface area contributed by atoms with Crippen molar-refractivity contribution in [2.75, 3.05) is 0 Å². The molecule has 2 aromatic rings. The predicted octanol–water partition coefficient (Wildman–Crippen LogP) is 1.58. The van der Waals surface area contributed by atoms with Crippen LogP contribution in [0.25, 0.3) is 0 Å². The highest BCUT2D eigenvalue weighted by atomic mass is 32.1. The van der Waals surface area contributed by atoms with Crippen LogP contribution in [-0.2, 0) is 0 Å². The Bertz CT molecular complexity index is 421. The summed E-state index contributed by atoms with van der Waals surface area (Å²) in [5.41, 5.74) is 8.28. The van der Waals surface area contributed by atoms with Gasteiger partial charge in [0, 0.05) is 23.3 Å². The van der Waals surface area contributed by atoms with Crippen molar-refractivity contribution in [3.05, 3.63) is 41.0 Å². The van der Waals surface area contributed by atoms with Crippen LogP contribution in [0.5, 0.6) is 0 Å². The van der Waals surface area contributed by atoms with Gasteiger partial charge in [0.05, 0.1) is 5.51 Å². The summed E-state index contributed by atoms with van der Waals surface area (Å²) in [5, 5.41) is 1.84. The molecule has 0 bridgehead atoms. The van der Waals surface area contributed by atoms with E-state index in [-0.39, 0.29) is 0 Å². The first-order valence-electron chi connectivity index (χ1n) is 3.99. The fraction of sp³-hybridized carbons (Fsp3) is 0. The van der Waals surface area contributed by atoms with Gasteiger partial charge < -0.3 is 5.73 Å². The van der Waals surface area contributed by atoms with Gasteiger partial charge in [-0.05, 0) is 12.1 Å². The van der Waals surface area contributed by atoms with E-state index in [1.807, 2.05) is 17.5 Å². The number of pyridine rings is 1. The predicted molar refractivity (Wildman–Crippen MR) is 56.7 cm³/mol. The van der Waals surface area contributed by atoms with E-state index < -0.39 is 0 Å². The van der Waals surface area contributed by atoms with E-state index in [9.17, 15) is 0 Å². The smallest absolute Gasteiger partial charge is 0.165 e. The molecular formula is C9H8N4S. The molecular weight excluding hydrogens is 196 g/mol. The van der Waals surface area contributed by atoms with Gasteiger partial charge in [-0.15, -0.1) is 11.3 Å². The first kappa shape index (κ1) is 8.83. The molecule has 0 saturated heterocycles. The molecule has 0 aliphatic heterocycles. The third-order valence-corrected chi connectivity index (χ3v) is 2.19. The molecule has 2 N–H and O–H groups in total. The number of hydrogen-bond donors (Lipinski definition) is 1. The van der Waals surface area contributed by atoms with Gasteiger partial charge in [-0.25, -0.2) is 9.98 Å². The molecule has 0 amide bonds. The molecule has 14 heavy (non-hydrogen) atoms. The molecule has 4 nitrogen and oxygen atoms in total. The Kier molecular flexibility index (Phi) is 2.51. The third kappa shape index (κ3) is 1.94. The molecule has 0 atom stereocenters. The Labute approximate surface area is 85.2 Å². The molecule has 5 heteroatoms. The fourth-order valence-corrected chi connectivity index (χ4v) is 1.43. The number of hydrogen-bond acceptors (Lipinski definition) is 4. The largest absolute Gasteiger partial charge is 0.383 e. The summed E-state index contributed by atoms with van der Waals surface area (Å²) in [7, 11) is 0. The summed E-state index contributed by atoms with van der Waals surface area (Å²) in [6, 6.07) is 3.68. The van der Waals surface area contributed by atoms with Crippen LogP contribution in [0.1, 0.15) is 5.56 Å². The lowest BCUT2D eigenvalue weighted by Gasteiger charge is -1.97. The van der Waals surface area contributed by atoms with Crippen LogP contribution in [0.2, 0.25) is 0 Å². The molecule has 2 rings (SSSR count). The maximum absolute atomic E-state index is 5.76.